The molecular formula is C14H15NOS. The zero-order valence-corrected chi connectivity index (χ0v) is 10.8. The van der Waals surface area contributed by atoms with Crippen molar-refractivity contribution in [3.63, 3.8) is 0 Å². The van der Waals surface area contributed by atoms with Gasteiger partial charge in [0.25, 0.3) is 0 Å². The van der Waals surface area contributed by atoms with Gasteiger partial charge in [-0.25, -0.2) is 0 Å². The van der Waals surface area contributed by atoms with Gasteiger partial charge in [0.2, 0.25) is 0 Å². The third kappa shape index (κ3) is 2.94. The molecule has 0 saturated carbocycles. The quantitative estimate of drug-likeness (QED) is 0.837. The van der Waals surface area contributed by atoms with Crippen molar-refractivity contribution in [1.82, 2.24) is 0 Å². The van der Waals surface area contributed by atoms with Gasteiger partial charge in [-0.3, -0.25) is 0 Å². The van der Waals surface area contributed by atoms with Gasteiger partial charge in [0.15, 0.2) is 0 Å². The number of nitrogen functional groups attached to an aromatic ring is 1. The number of anilines is 1. The van der Waals surface area contributed by atoms with Crippen LogP contribution in [0.2, 0.25) is 0 Å². The lowest BCUT2D eigenvalue weighted by molar-refractivity contribution is 0.413. The summed E-state index contributed by atoms with van der Waals surface area (Å²) in [4.78, 5) is 2.21. The Morgan fingerprint density at radius 1 is 1.12 bits per heavy atom. The van der Waals surface area contributed by atoms with E-state index < -0.39 is 0 Å². The van der Waals surface area contributed by atoms with Gasteiger partial charge in [-0.2, -0.15) is 0 Å². The summed E-state index contributed by atoms with van der Waals surface area (Å²) in [5.41, 5.74) is 7.98. The van der Waals surface area contributed by atoms with E-state index in [1.54, 1.807) is 18.9 Å². The molecular weight excluding hydrogens is 230 g/mol. The molecule has 0 aliphatic rings. The number of benzene rings is 2. The minimum Gasteiger partial charge on any atom is -0.497 e. The Bertz CT molecular complexity index is 525. The highest BCUT2D eigenvalue weighted by molar-refractivity contribution is 7.99. The predicted octanol–water partition coefficient (Wildman–Crippen LogP) is 3.74. The maximum atomic E-state index is 5.96. The Morgan fingerprint density at radius 3 is 2.71 bits per heavy atom. The van der Waals surface area contributed by atoms with E-state index in [9.17, 15) is 0 Å². The molecule has 0 aliphatic carbocycles. The Kier molecular flexibility index (Phi) is 3.59. The smallest absolute Gasteiger partial charge is 0.119 e. The number of aryl methyl sites for hydroxylation is 1. The zero-order valence-electron chi connectivity index (χ0n) is 9.94. The topological polar surface area (TPSA) is 35.2 Å². The van der Waals surface area contributed by atoms with Crippen molar-refractivity contribution in [2.24, 2.45) is 0 Å². The molecule has 2 aromatic rings. The van der Waals surface area contributed by atoms with Gasteiger partial charge in [0.05, 0.1) is 7.11 Å². The Labute approximate surface area is 106 Å². The molecule has 0 aliphatic heterocycles. The van der Waals surface area contributed by atoms with Crippen molar-refractivity contribution in [2.75, 3.05) is 12.8 Å². The van der Waals surface area contributed by atoms with E-state index in [2.05, 4.69) is 19.1 Å². The second-order valence-corrected chi connectivity index (χ2v) is 4.94. The fourth-order valence-electron chi connectivity index (χ4n) is 1.52. The molecule has 0 spiro atoms. The Balaban J connectivity index is 2.27. The summed E-state index contributed by atoms with van der Waals surface area (Å²) in [6.07, 6.45) is 0. The van der Waals surface area contributed by atoms with E-state index in [1.807, 2.05) is 30.3 Å². The molecule has 3 heteroatoms. The van der Waals surface area contributed by atoms with Gasteiger partial charge in [-0.05, 0) is 42.8 Å². The largest absolute Gasteiger partial charge is 0.497 e. The molecule has 0 bridgehead atoms. The minimum absolute atomic E-state index is 0.809. The van der Waals surface area contributed by atoms with Crippen LogP contribution in [0, 0.1) is 6.92 Å². The van der Waals surface area contributed by atoms with Gasteiger partial charge in [-0.1, -0.05) is 23.9 Å². The normalized spacial score (nSPS) is 10.2. The van der Waals surface area contributed by atoms with Gasteiger partial charge in [0, 0.05) is 15.5 Å². The third-order valence-electron chi connectivity index (χ3n) is 2.44. The second kappa shape index (κ2) is 5.15. The standard InChI is InChI=1S/C14H15NOS/c1-10-6-7-13(15)14(8-10)17-12-5-3-4-11(9-12)16-2/h3-9H,15H2,1-2H3. The van der Waals surface area contributed by atoms with E-state index in [-0.39, 0.29) is 0 Å². The summed E-state index contributed by atoms with van der Waals surface area (Å²) in [6, 6.07) is 14.0. The van der Waals surface area contributed by atoms with Gasteiger partial charge >= 0.3 is 0 Å². The SMILES string of the molecule is COc1cccc(Sc2cc(C)ccc2N)c1. The molecule has 0 unspecified atom stereocenters. The fraction of sp³-hybridized carbons (Fsp3) is 0.143. The molecule has 0 radical (unpaired) electrons. The monoisotopic (exact) mass is 245 g/mol. The van der Waals surface area contributed by atoms with Crippen LogP contribution in [0.4, 0.5) is 5.69 Å². The molecule has 0 atom stereocenters. The summed E-state index contributed by atoms with van der Waals surface area (Å²) >= 11 is 1.65. The van der Waals surface area contributed by atoms with Crippen molar-refractivity contribution < 1.29 is 4.74 Å². The highest BCUT2D eigenvalue weighted by Gasteiger charge is 2.03. The van der Waals surface area contributed by atoms with Crippen LogP contribution in [0.1, 0.15) is 5.56 Å². The van der Waals surface area contributed by atoms with Crippen LogP contribution in [-0.2, 0) is 0 Å². The van der Waals surface area contributed by atoms with Crippen LogP contribution in [0.5, 0.6) is 5.75 Å². The summed E-state index contributed by atoms with van der Waals surface area (Å²) in [7, 11) is 1.67. The molecule has 2 N–H and O–H groups in total. The Hall–Kier alpha value is -1.61. The number of nitrogens with two attached hydrogens (primary N) is 1. The predicted molar refractivity (Wildman–Crippen MR) is 72.7 cm³/mol. The lowest BCUT2D eigenvalue weighted by Crippen LogP contribution is -1.89. The van der Waals surface area contributed by atoms with Crippen molar-refractivity contribution in [1.29, 1.82) is 0 Å². The second-order valence-electron chi connectivity index (χ2n) is 3.82. The van der Waals surface area contributed by atoms with Gasteiger partial charge in [-0.15, -0.1) is 0 Å². The highest BCUT2D eigenvalue weighted by atomic mass is 32.2. The van der Waals surface area contributed by atoms with E-state index in [0.29, 0.717) is 0 Å². The summed E-state index contributed by atoms with van der Waals surface area (Å²) < 4.78 is 5.20. The maximum absolute atomic E-state index is 5.96. The zero-order chi connectivity index (χ0) is 12.3. The number of hydrogen-bond acceptors (Lipinski definition) is 3. The van der Waals surface area contributed by atoms with Crippen molar-refractivity contribution in [2.45, 2.75) is 16.7 Å². The molecule has 0 fully saturated rings. The van der Waals surface area contributed by atoms with E-state index in [4.69, 9.17) is 10.5 Å². The van der Waals surface area contributed by atoms with Crippen molar-refractivity contribution >= 4 is 17.4 Å². The Morgan fingerprint density at radius 2 is 1.94 bits per heavy atom. The molecule has 17 heavy (non-hydrogen) atoms. The maximum Gasteiger partial charge on any atom is 0.119 e. The first-order valence-electron chi connectivity index (χ1n) is 5.37. The summed E-state index contributed by atoms with van der Waals surface area (Å²) in [6.45, 7) is 2.06. The van der Waals surface area contributed by atoms with Crippen molar-refractivity contribution in [3.05, 3.63) is 48.0 Å². The first-order chi connectivity index (χ1) is 8.19. The highest BCUT2D eigenvalue weighted by Crippen LogP contribution is 2.34. The van der Waals surface area contributed by atoms with Crippen LogP contribution < -0.4 is 10.5 Å². The number of ether oxygens (including phenoxy) is 1. The number of rotatable bonds is 3. The molecule has 88 valence electrons. The lowest BCUT2D eigenvalue weighted by Gasteiger charge is -2.07. The fourth-order valence-corrected chi connectivity index (χ4v) is 2.53. The number of methoxy groups -OCH3 is 1. The first-order valence-corrected chi connectivity index (χ1v) is 6.19. The van der Waals surface area contributed by atoms with Crippen LogP contribution in [0.3, 0.4) is 0 Å². The molecule has 0 heterocycles. The van der Waals surface area contributed by atoms with Crippen LogP contribution >= 0.6 is 11.8 Å². The number of hydrogen-bond donors (Lipinski definition) is 1. The molecule has 0 saturated heterocycles. The average Bonchev–Trinajstić information content (AvgIpc) is 2.34. The average molecular weight is 245 g/mol. The third-order valence-corrected chi connectivity index (χ3v) is 3.50. The van der Waals surface area contributed by atoms with Crippen LogP contribution in [0.25, 0.3) is 0 Å². The summed E-state index contributed by atoms with van der Waals surface area (Å²) in [5.74, 6) is 0.862. The van der Waals surface area contributed by atoms with E-state index in [0.717, 1.165) is 21.2 Å². The minimum atomic E-state index is 0.809. The van der Waals surface area contributed by atoms with Crippen LogP contribution in [-0.4, -0.2) is 7.11 Å². The molecule has 0 aromatic heterocycles. The molecule has 0 amide bonds. The first kappa shape index (κ1) is 11.9. The van der Waals surface area contributed by atoms with Gasteiger partial charge in [0.1, 0.15) is 5.75 Å². The molecule has 2 nitrogen and oxygen atoms in total. The molecule has 2 rings (SSSR count). The molecule has 2 aromatic carbocycles. The van der Waals surface area contributed by atoms with Crippen molar-refractivity contribution in [3.8, 4) is 5.75 Å². The van der Waals surface area contributed by atoms with Crippen LogP contribution in [0.15, 0.2) is 52.3 Å². The van der Waals surface area contributed by atoms with Gasteiger partial charge < -0.3 is 10.5 Å². The van der Waals surface area contributed by atoms with E-state index >= 15 is 0 Å². The van der Waals surface area contributed by atoms with E-state index in [1.165, 1.54) is 5.56 Å². The lowest BCUT2D eigenvalue weighted by atomic mass is 10.2. The summed E-state index contributed by atoms with van der Waals surface area (Å²) in [5, 5.41) is 0.